The molecule has 4 rings (SSSR count). The van der Waals surface area contributed by atoms with E-state index in [9.17, 15) is 13.2 Å². The Hall–Kier alpha value is -1.87. The van der Waals surface area contributed by atoms with E-state index in [0.29, 0.717) is 30.2 Å². The second kappa shape index (κ2) is 6.94. The molecule has 2 aliphatic rings. The molecule has 1 saturated heterocycles. The first-order valence-corrected chi connectivity index (χ1v) is 9.47. The largest absolute Gasteiger partial charge is 0.435 e. The van der Waals surface area contributed by atoms with Crippen LogP contribution in [0.4, 0.5) is 13.2 Å². The van der Waals surface area contributed by atoms with Gasteiger partial charge in [-0.25, -0.2) is 4.98 Å². The minimum absolute atomic E-state index is 0.293. The van der Waals surface area contributed by atoms with Crippen molar-refractivity contribution in [3.05, 3.63) is 35.7 Å². The van der Waals surface area contributed by atoms with Crippen molar-refractivity contribution in [3.63, 3.8) is 0 Å². The zero-order valence-corrected chi connectivity index (χ0v) is 15.4. The Morgan fingerprint density at radius 3 is 2.74 bits per heavy atom. The number of rotatable bonds is 6. The van der Waals surface area contributed by atoms with Crippen molar-refractivity contribution in [3.8, 4) is 0 Å². The summed E-state index contributed by atoms with van der Waals surface area (Å²) < 4.78 is 40.7. The van der Waals surface area contributed by atoms with Crippen LogP contribution >= 0.6 is 0 Å². The van der Waals surface area contributed by atoms with Gasteiger partial charge in [0.1, 0.15) is 5.82 Å². The molecule has 2 aromatic rings. The van der Waals surface area contributed by atoms with E-state index in [4.69, 9.17) is 0 Å². The fourth-order valence-electron chi connectivity index (χ4n) is 4.35. The third kappa shape index (κ3) is 3.75. The van der Waals surface area contributed by atoms with Gasteiger partial charge in [-0.3, -0.25) is 10.00 Å². The van der Waals surface area contributed by atoms with Gasteiger partial charge in [-0.1, -0.05) is 0 Å². The van der Waals surface area contributed by atoms with E-state index in [0.717, 1.165) is 50.8 Å². The molecule has 1 saturated carbocycles. The van der Waals surface area contributed by atoms with Gasteiger partial charge in [-0.15, -0.1) is 0 Å². The molecule has 27 heavy (non-hydrogen) atoms. The van der Waals surface area contributed by atoms with Crippen LogP contribution in [0.1, 0.15) is 43.4 Å². The number of piperidine rings is 1. The quantitative estimate of drug-likeness (QED) is 0.807. The Labute approximate surface area is 156 Å². The second-order valence-electron chi connectivity index (χ2n) is 7.64. The summed E-state index contributed by atoms with van der Waals surface area (Å²) in [4.78, 5) is 6.73. The van der Waals surface area contributed by atoms with E-state index in [1.807, 2.05) is 6.20 Å². The van der Waals surface area contributed by atoms with Crippen molar-refractivity contribution in [1.29, 1.82) is 0 Å². The maximum Gasteiger partial charge on any atom is 0.435 e. The Morgan fingerprint density at radius 1 is 1.30 bits per heavy atom. The SMILES string of the molecule is CCn1ccnc1CN(Cc1cc(C(F)(F)F)n[nH]1)C1CC12CCNCC2. The van der Waals surface area contributed by atoms with Gasteiger partial charge >= 0.3 is 6.18 Å². The summed E-state index contributed by atoms with van der Waals surface area (Å²) in [7, 11) is 0. The molecule has 148 valence electrons. The molecule has 3 heterocycles. The van der Waals surface area contributed by atoms with Crippen LogP contribution < -0.4 is 5.32 Å². The second-order valence-corrected chi connectivity index (χ2v) is 7.64. The number of imidazole rings is 1. The number of hydrogen-bond donors (Lipinski definition) is 2. The lowest BCUT2D eigenvalue weighted by atomic mass is 9.93. The molecule has 2 N–H and O–H groups in total. The molecule has 1 unspecified atom stereocenters. The van der Waals surface area contributed by atoms with Crippen molar-refractivity contribution in [1.82, 2.24) is 30.0 Å². The summed E-state index contributed by atoms with van der Waals surface area (Å²) >= 11 is 0. The third-order valence-electron chi connectivity index (χ3n) is 5.97. The van der Waals surface area contributed by atoms with Crippen molar-refractivity contribution in [2.75, 3.05) is 13.1 Å². The molecule has 0 amide bonds. The number of nitrogens with one attached hydrogen (secondary N) is 2. The lowest BCUT2D eigenvalue weighted by molar-refractivity contribution is -0.141. The van der Waals surface area contributed by atoms with Crippen LogP contribution in [-0.4, -0.2) is 43.8 Å². The Morgan fingerprint density at radius 2 is 2.07 bits per heavy atom. The van der Waals surface area contributed by atoms with Crippen LogP contribution in [0.15, 0.2) is 18.5 Å². The van der Waals surface area contributed by atoms with E-state index in [1.165, 1.54) is 0 Å². The fraction of sp³-hybridized carbons (Fsp3) is 0.667. The molecular formula is C18H25F3N6. The molecule has 0 bridgehead atoms. The van der Waals surface area contributed by atoms with E-state index < -0.39 is 11.9 Å². The maximum atomic E-state index is 12.9. The van der Waals surface area contributed by atoms with Gasteiger partial charge < -0.3 is 9.88 Å². The number of H-pyrrole nitrogens is 1. The number of halogens is 3. The predicted molar refractivity (Wildman–Crippen MR) is 93.7 cm³/mol. The first-order valence-electron chi connectivity index (χ1n) is 9.47. The van der Waals surface area contributed by atoms with Crippen LogP contribution in [0.2, 0.25) is 0 Å². The van der Waals surface area contributed by atoms with E-state index in [-0.39, 0.29) is 0 Å². The van der Waals surface area contributed by atoms with Gasteiger partial charge in [0.25, 0.3) is 0 Å². The smallest absolute Gasteiger partial charge is 0.334 e. The average molecular weight is 382 g/mol. The number of aromatic amines is 1. The monoisotopic (exact) mass is 382 g/mol. The summed E-state index contributed by atoms with van der Waals surface area (Å²) in [5, 5.41) is 9.42. The molecule has 2 aromatic heterocycles. The molecule has 6 nitrogen and oxygen atoms in total. The van der Waals surface area contributed by atoms with Gasteiger partial charge in [-0.2, -0.15) is 18.3 Å². The van der Waals surface area contributed by atoms with E-state index in [2.05, 4.69) is 36.9 Å². The standard InChI is InChI=1S/C18H25F3N6/c1-2-26-8-7-23-16(26)12-27(15-10-17(15)3-5-22-6-4-17)11-13-9-14(25-24-13)18(19,20)21/h7-9,15,22H,2-6,10-12H2,1H3,(H,24,25). The first kappa shape index (κ1) is 18.5. The van der Waals surface area contributed by atoms with E-state index in [1.54, 1.807) is 6.20 Å². The number of aryl methyl sites for hydroxylation is 1. The van der Waals surface area contributed by atoms with Crippen molar-refractivity contribution in [2.24, 2.45) is 5.41 Å². The summed E-state index contributed by atoms with van der Waals surface area (Å²) in [5.74, 6) is 0.948. The normalized spacial score (nSPS) is 21.9. The van der Waals surface area contributed by atoms with Crippen molar-refractivity contribution < 1.29 is 13.2 Å². The van der Waals surface area contributed by atoms with Crippen molar-refractivity contribution in [2.45, 2.75) is 58.0 Å². The Balaban J connectivity index is 1.54. The number of nitrogens with zero attached hydrogens (tertiary/aromatic N) is 4. The van der Waals surface area contributed by atoms with Crippen LogP contribution in [0.5, 0.6) is 0 Å². The molecule has 1 aliphatic heterocycles. The maximum absolute atomic E-state index is 12.9. The Bertz CT molecular complexity index is 774. The summed E-state index contributed by atoms with van der Waals surface area (Å²) in [5.41, 5.74) is -0.0744. The van der Waals surface area contributed by atoms with Gasteiger partial charge in [0.05, 0.1) is 6.54 Å². The number of aromatic nitrogens is 4. The number of hydrogen-bond acceptors (Lipinski definition) is 4. The van der Waals surface area contributed by atoms with Crippen LogP contribution in [0, 0.1) is 5.41 Å². The lowest BCUT2D eigenvalue weighted by Crippen LogP contribution is -2.36. The topological polar surface area (TPSA) is 61.8 Å². The molecular weight excluding hydrogens is 357 g/mol. The molecule has 9 heteroatoms. The zero-order valence-electron chi connectivity index (χ0n) is 15.4. The highest BCUT2D eigenvalue weighted by Gasteiger charge is 2.56. The predicted octanol–water partition coefficient (Wildman–Crippen LogP) is 2.79. The first-order chi connectivity index (χ1) is 12.9. The zero-order chi connectivity index (χ0) is 19.1. The average Bonchev–Trinajstić information content (AvgIpc) is 3.02. The summed E-state index contributed by atoms with van der Waals surface area (Å²) in [6, 6.07) is 1.50. The van der Waals surface area contributed by atoms with Gasteiger partial charge in [0.15, 0.2) is 5.69 Å². The minimum Gasteiger partial charge on any atom is -0.334 e. The number of alkyl halides is 3. The van der Waals surface area contributed by atoms with Gasteiger partial charge in [-0.05, 0) is 50.8 Å². The molecule has 1 atom stereocenters. The van der Waals surface area contributed by atoms with Crippen LogP contribution in [0.25, 0.3) is 0 Å². The van der Waals surface area contributed by atoms with E-state index >= 15 is 0 Å². The summed E-state index contributed by atoms with van der Waals surface area (Å²) in [6.07, 6.45) is 2.64. The lowest BCUT2D eigenvalue weighted by Gasteiger charge is -2.29. The van der Waals surface area contributed by atoms with Crippen molar-refractivity contribution >= 4 is 0 Å². The molecule has 0 radical (unpaired) electrons. The highest BCUT2D eigenvalue weighted by atomic mass is 19.4. The van der Waals surface area contributed by atoms with Crippen LogP contribution in [0.3, 0.4) is 0 Å². The van der Waals surface area contributed by atoms with Crippen LogP contribution in [-0.2, 0) is 25.8 Å². The highest BCUT2D eigenvalue weighted by Crippen LogP contribution is 2.56. The fourth-order valence-corrected chi connectivity index (χ4v) is 4.35. The molecule has 2 fully saturated rings. The summed E-state index contributed by atoms with van der Waals surface area (Å²) in [6.45, 7) is 5.95. The molecule has 1 spiro atoms. The Kier molecular flexibility index (Phi) is 4.75. The molecule has 0 aromatic carbocycles. The highest BCUT2D eigenvalue weighted by molar-refractivity contribution is 5.15. The third-order valence-corrected chi connectivity index (χ3v) is 5.97. The minimum atomic E-state index is -4.42. The van der Waals surface area contributed by atoms with Gasteiger partial charge in [0, 0.05) is 37.2 Å². The molecule has 1 aliphatic carbocycles. The van der Waals surface area contributed by atoms with Gasteiger partial charge in [0.2, 0.25) is 0 Å².